The van der Waals surface area contributed by atoms with Gasteiger partial charge in [-0.15, -0.1) is 0 Å². The number of halogens is 1. The highest BCUT2D eigenvalue weighted by atomic mass is 127. The number of hydrogen-bond donors (Lipinski definition) is 0. The van der Waals surface area contributed by atoms with Crippen LogP contribution in [0.25, 0.3) is 32.7 Å². The fraction of sp³-hybridized carbons (Fsp3) is 0.0588. The molecule has 3 aromatic carbocycles. The first-order valence-electron chi connectivity index (χ1n) is 6.24. The Hall–Kier alpha value is -1.55. The standard InChI is InChI=1S/C17H11IO/c1-10-6-7-13-15(8-10)19-17-12-5-3-2-4-11(12)9-14(18)16(13)17/h2-9H,1H3. The molecule has 19 heavy (non-hydrogen) atoms. The van der Waals surface area contributed by atoms with Gasteiger partial charge < -0.3 is 4.42 Å². The number of hydrogen-bond acceptors (Lipinski definition) is 1. The smallest absolute Gasteiger partial charge is 0.144 e. The molecule has 0 atom stereocenters. The van der Waals surface area contributed by atoms with Crippen LogP contribution >= 0.6 is 22.6 Å². The molecule has 0 aliphatic heterocycles. The molecule has 92 valence electrons. The molecule has 1 nitrogen and oxygen atoms in total. The second kappa shape index (κ2) is 3.97. The third kappa shape index (κ3) is 1.59. The van der Waals surface area contributed by atoms with Crippen molar-refractivity contribution >= 4 is 55.3 Å². The molecular formula is C17H11IO. The van der Waals surface area contributed by atoms with E-state index in [1.807, 2.05) is 0 Å². The molecule has 0 saturated carbocycles. The van der Waals surface area contributed by atoms with E-state index in [0.29, 0.717) is 0 Å². The fourth-order valence-corrected chi connectivity index (χ4v) is 3.54. The van der Waals surface area contributed by atoms with E-state index in [2.05, 4.69) is 78.0 Å². The lowest BCUT2D eigenvalue weighted by molar-refractivity contribution is 0.672. The highest BCUT2D eigenvalue weighted by Crippen LogP contribution is 2.37. The van der Waals surface area contributed by atoms with Gasteiger partial charge in [-0.05, 0) is 52.6 Å². The summed E-state index contributed by atoms with van der Waals surface area (Å²) >= 11 is 2.40. The molecular weight excluding hydrogens is 347 g/mol. The van der Waals surface area contributed by atoms with Gasteiger partial charge in [-0.25, -0.2) is 0 Å². The third-order valence-corrected chi connectivity index (χ3v) is 4.42. The van der Waals surface area contributed by atoms with Crippen LogP contribution in [0.4, 0.5) is 0 Å². The fourth-order valence-electron chi connectivity index (χ4n) is 2.67. The molecule has 0 N–H and O–H groups in total. The van der Waals surface area contributed by atoms with Gasteiger partial charge in [0.05, 0.1) is 0 Å². The molecule has 0 aliphatic rings. The van der Waals surface area contributed by atoms with Gasteiger partial charge in [0.1, 0.15) is 11.2 Å². The minimum absolute atomic E-state index is 0.976. The van der Waals surface area contributed by atoms with E-state index in [1.54, 1.807) is 0 Å². The van der Waals surface area contributed by atoms with Crippen LogP contribution in [0, 0.1) is 10.5 Å². The van der Waals surface area contributed by atoms with Crippen LogP contribution in [0.2, 0.25) is 0 Å². The molecule has 4 aromatic rings. The summed E-state index contributed by atoms with van der Waals surface area (Å²) in [5, 5.41) is 4.85. The minimum Gasteiger partial charge on any atom is -0.455 e. The van der Waals surface area contributed by atoms with Crippen LogP contribution in [-0.2, 0) is 0 Å². The second-order valence-corrected chi connectivity index (χ2v) is 6.05. The molecule has 0 aliphatic carbocycles. The van der Waals surface area contributed by atoms with E-state index in [9.17, 15) is 0 Å². The molecule has 1 aromatic heterocycles. The van der Waals surface area contributed by atoms with Gasteiger partial charge in [-0.2, -0.15) is 0 Å². The Labute approximate surface area is 124 Å². The van der Waals surface area contributed by atoms with Crippen molar-refractivity contribution in [3.8, 4) is 0 Å². The molecule has 1 heterocycles. The largest absolute Gasteiger partial charge is 0.455 e. The first kappa shape index (κ1) is 11.3. The zero-order valence-corrected chi connectivity index (χ0v) is 12.6. The maximum atomic E-state index is 6.12. The zero-order chi connectivity index (χ0) is 13.0. The van der Waals surface area contributed by atoms with Crippen LogP contribution in [-0.4, -0.2) is 0 Å². The summed E-state index contributed by atoms with van der Waals surface area (Å²) in [6, 6.07) is 17.0. The molecule has 0 saturated heterocycles. The molecule has 0 spiro atoms. The molecule has 0 bridgehead atoms. The van der Waals surface area contributed by atoms with Gasteiger partial charge in [-0.1, -0.05) is 36.4 Å². The first-order chi connectivity index (χ1) is 9.24. The van der Waals surface area contributed by atoms with Gasteiger partial charge in [0.2, 0.25) is 0 Å². The number of fused-ring (bicyclic) bond motifs is 5. The summed E-state index contributed by atoms with van der Waals surface area (Å²) in [5.74, 6) is 0. The van der Waals surface area contributed by atoms with Crippen molar-refractivity contribution in [1.82, 2.24) is 0 Å². The molecule has 0 fully saturated rings. The average Bonchev–Trinajstić information content (AvgIpc) is 2.78. The molecule has 0 amide bonds. The Morgan fingerprint density at radius 1 is 0.947 bits per heavy atom. The van der Waals surface area contributed by atoms with Crippen LogP contribution in [0.15, 0.2) is 52.9 Å². The SMILES string of the molecule is Cc1ccc2c(c1)oc1c3ccccc3cc(I)c21. The minimum atomic E-state index is 0.976. The summed E-state index contributed by atoms with van der Waals surface area (Å²) in [7, 11) is 0. The Bertz CT molecular complexity index is 934. The normalized spacial score (nSPS) is 11.7. The monoisotopic (exact) mass is 358 g/mol. The van der Waals surface area contributed by atoms with Crippen molar-refractivity contribution in [2.24, 2.45) is 0 Å². The van der Waals surface area contributed by atoms with E-state index < -0.39 is 0 Å². The van der Waals surface area contributed by atoms with Crippen molar-refractivity contribution in [3.05, 3.63) is 57.7 Å². The quantitative estimate of drug-likeness (QED) is 0.370. The lowest BCUT2D eigenvalue weighted by atomic mass is 10.1. The van der Waals surface area contributed by atoms with Gasteiger partial charge >= 0.3 is 0 Å². The summed E-state index contributed by atoms with van der Waals surface area (Å²) in [6.07, 6.45) is 0. The Kier molecular flexibility index (Phi) is 2.36. The number of aryl methyl sites for hydroxylation is 1. The van der Waals surface area contributed by atoms with E-state index >= 15 is 0 Å². The Morgan fingerprint density at radius 2 is 1.79 bits per heavy atom. The summed E-state index contributed by atoms with van der Waals surface area (Å²) in [4.78, 5) is 0. The summed E-state index contributed by atoms with van der Waals surface area (Å²) in [5.41, 5.74) is 3.21. The van der Waals surface area contributed by atoms with E-state index in [1.165, 1.54) is 30.7 Å². The number of rotatable bonds is 0. The van der Waals surface area contributed by atoms with E-state index in [4.69, 9.17) is 4.42 Å². The predicted octanol–water partition coefficient (Wildman–Crippen LogP) is 5.65. The highest BCUT2D eigenvalue weighted by molar-refractivity contribution is 14.1. The molecule has 0 unspecified atom stereocenters. The van der Waals surface area contributed by atoms with Crippen molar-refractivity contribution < 1.29 is 4.42 Å². The topological polar surface area (TPSA) is 13.1 Å². The Balaban J connectivity index is 2.33. The van der Waals surface area contributed by atoms with Crippen LogP contribution < -0.4 is 0 Å². The third-order valence-electron chi connectivity index (χ3n) is 3.57. The molecule has 4 rings (SSSR count). The predicted molar refractivity (Wildman–Crippen MR) is 88.7 cm³/mol. The number of benzene rings is 3. The maximum absolute atomic E-state index is 6.12. The second-order valence-electron chi connectivity index (χ2n) is 4.89. The maximum Gasteiger partial charge on any atom is 0.144 e. The lowest BCUT2D eigenvalue weighted by Gasteiger charge is -2.00. The van der Waals surface area contributed by atoms with Crippen molar-refractivity contribution in [2.75, 3.05) is 0 Å². The molecule has 0 radical (unpaired) electrons. The lowest BCUT2D eigenvalue weighted by Crippen LogP contribution is -1.78. The molecule has 2 heteroatoms. The van der Waals surface area contributed by atoms with Crippen molar-refractivity contribution in [2.45, 2.75) is 6.92 Å². The van der Waals surface area contributed by atoms with Gasteiger partial charge in [-0.3, -0.25) is 0 Å². The Morgan fingerprint density at radius 3 is 2.68 bits per heavy atom. The van der Waals surface area contributed by atoms with Crippen LogP contribution in [0.1, 0.15) is 5.56 Å². The van der Waals surface area contributed by atoms with Crippen LogP contribution in [0.5, 0.6) is 0 Å². The zero-order valence-electron chi connectivity index (χ0n) is 10.4. The van der Waals surface area contributed by atoms with Gasteiger partial charge in [0, 0.05) is 19.7 Å². The number of furan rings is 1. The van der Waals surface area contributed by atoms with Gasteiger partial charge in [0.25, 0.3) is 0 Å². The van der Waals surface area contributed by atoms with Crippen molar-refractivity contribution in [1.29, 1.82) is 0 Å². The van der Waals surface area contributed by atoms with Crippen molar-refractivity contribution in [3.63, 3.8) is 0 Å². The highest BCUT2D eigenvalue weighted by Gasteiger charge is 2.13. The van der Waals surface area contributed by atoms with E-state index in [0.717, 1.165) is 11.2 Å². The van der Waals surface area contributed by atoms with Gasteiger partial charge in [0.15, 0.2) is 0 Å². The van der Waals surface area contributed by atoms with Crippen LogP contribution in [0.3, 0.4) is 0 Å². The first-order valence-corrected chi connectivity index (χ1v) is 7.32. The average molecular weight is 358 g/mol. The van der Waals surface area contributed by atoms with E-state index in [-0.39, 0.29) is 0 Å². The summed E-state index contributed by atoms with van der Waals surface area (Å²) in [6.45, 7) is 2.09. The summed E-state index contributed by atoms with van der Waals surface area (Å²) < 4.78 is 7.37.